The van der Waals surface area contributed by atoms with Crippen LogP contribution in [0.25, 0.3) is 0 Å². The normalized spacial score (nSPS) is 22.4. The van der Waals surface area contributed by atoms with E-state index in [4.69, 9.17) is 0 Å². The maximum atomic E-state index is 4.41. The summed E-state index contributed by atoms with van der Waals surface area (Å²) in [6.07, 6.45) is 10.4. The monoisotopic (exact) mass is 308 g/mol. The summed E-state index contributed by atoms with van der Waals surface area (Å²) in [6.45, 7) is 6.94. The fraction of sp³-hybridized carbons (Fsp3) is 0.812. The second kappa shape index (κ2) is 8.11. The van der Waals surface area contributed by atoms with Gasteiger partial charge in [-0.05, 0) is 12.8 Å². The highest BCUT2D eigenvalue weighted by molar-refractivity contribution is 7.13. The van der Waals surface area contributed by atoms with Gasteiger partial charge in [-0.3, -0.25) is 4.90 Å². The summed E-state index contributed by atoms with van der Waals surface area (Å²) in [7, 11) is 0. The molecule has 2 fully saturated rings. The third kappa shape index (κ3) is 4.66. The maximum absolute atomic E-state index is 4.41. The maximum Gasteiger partial charge on any atom is 0.185 e. The summed E-state index contributed by atoms with van der Waals surface area (Å²) in [4.78, 5) is 9.42. The molecule has 0 amide bonds. The zero-order valence-corrected chi connectivity index (χ0v) is 13.8. The summed E-state index contributed by atoms with van der Waals surface area (Å²) < 4.78 is 0. The van der Waals surface area contributed by atoms with Crippen LogP contribution < -0.4 is 10.2 Å². The first-order chi connectivity index (χ1) is 10.4. The van der Waals surface area contributed by atoms with Gasteiger partial charge in [-0.1, -0.05) is 25.7 Å². The molecule has 2 aliphatic rings. The Labute approximate surface area is 132 Å². The molecule has 1 N–H and O–H groups in total. The van der Waals surface area contributed by atoms with Gasteiger partial charge in [0.25, 0.3) is 0 Å². The van der Waals surface area contributed by atoms with Gasteiger partial charge in [-0.15, -0.1) is 11.3 Å². The molecule has 2 heterocycles. The molecule has 1 saturated heterocycles. The Balaban J connectivity index is 1.32. The number of nitrogens with zero attached hydrogens (tertiary/aromatic N) is 3. The first-order valence-corrected chi connectivity index (χ1v) is 9.40. The van der Waals surface area contributed by atoms with E-state index in [1.54, 1.807) is 11.3 Å². The second-order valence-electron chi connectivity index (χ2n) is 6.29. The average molecular weight is 308 g/mol. The van der Waals surface area contributed by atoms with Gasteiger partial charge < -0.3 is 10.2 Å². The van der Waals surface area contributed by atoms with E-state index in [-0.39, 0.29) is 0 Å². The van der Waals surface area contributed by atoms with E-state index in [1.165, 1.54) is 63.3 Å². The molecule has 21 heavy (non-hydrogen) atoms. The molecule has 0 bridgehead atoms. The first-order valence-electron chi connectivity index (χ1n) is 8.52. The van der Waals surface area contributed by atoms with Gasteiger partial charge in [0.2, 0.25) is 0 Å². The Morgan fingerprint density at radius 2 is 1.86 bits per heavy atom. The number of anilines is 1. The predicted octanol–water partition coefficient (Wildman–Crippen LogP) is 2.58. The largest absolute Gasteiger partial charge is 0.346 e. The van der Waals surface area contributed by atoms with Gasteiger partial charge in [0.05, 0.1) is 0 Å². The standard InChI is InChI=1S/C16H28N4S/c1-2-4-6-15(5-3-1)17-7-9-19-10-12-20(13-11-19)16-18-8-14-21-16/h8,14-15,17H,1-7,9-13H2. The number of hydrogen-bond donors (Lipinski definition) is 1. The highest BCUT2D eigenvalue weighted by Crippen LogP contribution is 2.19. The van der Waals surface area contributed by atoms with Crippen molar-refractivity contribution in [2.75, 3.05) is 44.2 Å². The molecule has 1 aromatic heterocycles. The van der Waals surface area contributed by atoms with Gasteiger partial charge in [0.15, 0.2) is 5.13 Å². The fourth-order valence-electron chi connectivity index (χ4n) is 3.45. The third-order valence-electron chi connectivity index (χ3n) is 4.78. The van der Waals surface area contributed by atoms with Crippen LogP contribution in [0.5, 0.6) is 0 Å². The van der Waals surface area contributed by atoms with Crippen molar-refractivity contribution in [2.24, 2.45) is 0 Å². The predicted molar refractivity (Wildman–Crippen MR) is 90.3 cm³/mol. The number of nitrogens with one attached hydrogen (secondary N) is 1. The Morgan fingerprint density at radius 3 is 2.52 bits per heavy atom. The molecule has 1 aromatic rings. The summed E-state index contributed by atoms with van der Waals surface area (Å²) in [5.41, 5.74) is 0. The van der Waals surface area contributed by atoms with Crippen molar-refractivity contribution in [3.8, 4) is 0 Å². The van der Waals surface area contributed by atoms with Crippen LogP contribution in [-0.2, 0) is 0 Å². The molecule has 0 atom stereocenters. The first kappa shape index (κ1) is 15.3. The van der Waals surface area contributed by atoms with Gasteiger partial charge in [0.1, 0.15) is 0 Å². The van der Waals surface area contributed by atoms with Crippen LogP contribution in [0.15, 0.2) is 11.6 Å². The molecule has 4 nitrogen and oxygen atoms in total. The zero-order valence-electron chi connectivity index (χ0n) is 13.0. The van der Waals surface area contributed by atoms with Crippen molar-refractivity contribution >= 4 is 16.5 Å². The lowest BCUT2D eigenvalue weighted by Gasteiger charge is -2.34. The van der Waals surface area contributed by atoms with Crippen LogP contribution >= 0.6 is 11.3 Å². The van der Waals surface area contributed by atoms with Crippen LogP contribution in [0.3, 0.4) is 0 Å². The van der Waals surface area contributed by atoms with E-state index in [0.717, 1.165) is 25.7 Å². The lowest BCUT2D eigenvalue weighted by molar-refractivity contribution is 0.252. The minimum atomic E-state index is 0.782. The molecule has 1 saturated carbocycles. The van der Waals surface area contributed by atoms with Crippen molar-refractivity contribution in [3.63, 3.8) is 0 Å². The van der Waals surface area contributed by atoms with Crippen molar-refractivity contribution < 1.29 is 0 Å². The third-order valence-corrected chi connectivity index (χ3v) is 5.61. The quantitative estimate of drug-likeness (QED) is 0.847. The Bertz CT molecular complexity index is 379. The highest BCUT2D eigenvalue weighted by Gasteiger charge is 2.18. The van der Waals surface area contributed by atoms with Gasteiger partial charge in [-0.2, -0.15) is 0 Å². The fourth-order valence-corrected chi connectivity index (χ4v) is 4.14. The average Bonchev–Trinajstić information content (AvgIpc) is 2.93. The molecule has 5 heteroatoms. The van der Waals surface area contributed by atoms with Crippen molar-refractivity contribution in [1.29, 1.82) is 0 Å². The van der Waals surface area contributed by atoms with Crippen LogP contribution in [0.4, 0.5) is 5.13 Å². The summed E-state index contributed by atoms with van der Waals surface area (Å²) in [5, 5.41) is 7.04. The van der Waals surface area contributed by atoms with Crippen LogP contribution in [0, 0.1) is 0 Å². The second-order valence-corrected chi connectivity index (χ2v) is 7.16. The summed E-state index contributed by atoms with van der Waals surface area (Å²) in [6, 6.07) is 0.782. The number of thiazole rings is 1. The van der Waals surface area contributed by atoms with Crippen molar-refractivity contribution in [2.45, 2.75) is 44.6 Å². The SMILES string of the molecule is c1csc(N2CCN(CCNC3CCCCCC3)CC2)n1. The lowest BCUT2D eigenvalue weighted by atomic mass is 10.1. The Morgan fingerprint density at radius 1 is 1.10 bits per heavy atom. The highest BCUT2D eigenvalue weighted by atomic mass is 32.1. The molecule has 0 spiro atoms. The number of hydrogen-bond acceptors (Lipinski definition) is 5. The van der Waals surface area contributed by atoms with Crippen molar-refractivity contribution in [1.82, 2.24) is 15.2 Å². The molecule has 0 aromatic carbocycles. The Hall–Kier alpha value is -0.650. The van der Waals surface area contributed by atoms with E-state index in [2.05, 4.69) is 25.5 Å². The molecule has 118 valence electrons. The minimum absolute atomic E-state index is 0.782. The lowest BCUT2D eigenvalue weighted by Crippen LogP contribution is -2.48. The van der Waals surface area contributed by atoms with Gasteiger partial charge >= 0.3 is 0 Å². The van der Waals surface area contributed by atoms with Crippen LogP contribution in [0.1, 0.15) is 38.5 Å². The van der Waals surface area contributed by atoms with E-state index < -0.39 is 0 Å². The van der Waals surface area contributed by atoms with E-state index in [0.29, 0.717) is 0 Å². The minimum Gasteiger partial charge on any atom is -0.346 e. The molecular weight excluding hydrogens is 280 g/mol. The van der Waals surface area contributed by atoms with Crippen molar-refractivity contribution in [3.05, 3.63) is 11.6 Å². The molecule has 1 aliphatic heterocycles. The number of piperazine rings is 1. The zero-order chi connectivity index (χ0) is 14.3. The molecule has 1 aliphatic carbocycles. The number of aromatic nitrogens is 1. The van der Waals surface area contributed by atoms with E-state index in [1.807, 2.05) is 6.20 Å². The van der Waals surface area contributed by atoms with Gasteiger partial charge in [-0.25, -0.2) is 4.98 Å². The smallest absolute Gasteiger partial charge is 0.185 e. The Kier molecular flexibility index (Phi) is 5.89. The van der Waals surface area contributed by atoms with Crippen LogP contribution in [0.2, 0.25) is 0 Å². The summed E-state index contributed by atoms with van der Waals surface area (Å²) in [5.74, 6) is 0. The number of rotatable bonds is 5. The van der Waals surface area contributed by atoms with E-state index in [9.17, 15) is 0 Å². The molecule has 0 unspecified atom stereocenters. The molecule has 3 rings (SSSR count). The van der Waals surface area contributed by atoms with Crippen LogP contribution in [-0.4, -0.2) is 55.2 Å². The summed E-state index contributed by atoms with van der Waals surface area (Å²) >= 11 is 1.75. The van der Waals surface area contributed by atoms with Gasteiger partial charge in [0, 0.05) is 56.9 Å². The molecular formula is C16H28N4S. The molecule has 0 radical (unpaired) electrons. The topological polar surface area (TPSA) is 31.4 Å². The van der Waals surface area contributed by atoms with E-state index >= 15 is 0 Å².